The molecular weight excluding hydrogens is 372 g/mol. The van der Waals surface area contributed by atoms with Crippen LogP contribution in [-0.4, -0.2) is 10.5 Å². The second-order valence-electron chi connectivity index (χ2n) is 11.7. The van der Waals surface area contributed by atoms with Gasteiger partial charge >= 0.3 is 0 Å². The third-order valence-corrected chi connectivity index (χ3v) is 10.4. The zero-order chi connectivity index (χ0) is 21.3. The first-order valence-electron chi connectivity index (χ1n) is 12.2. The molecule has 1 amide bonds. The van der Waals surface area contributed by atoms with Crippen LogP contribution in [-0.2, 0) is 7.05 Å². The van der Waals surface area contributed by atoms with Crippen LogP contribution in [0.1, 0.15) is 100 Å². The summed E-state index contributed by atoms with van der Waals surface area (Å²) in [5.74, 6) is 3.26. The summed E-state index contributed by atoms with van der Waals surface area (Å²) in [7, 11) is 1.85. The Morgan fingerprint density at radius 3 is 2.63 bits per heavy atom. The van der Waals surface area contributed by atoms with Crippen LogP contribution >= 0.6 is 0 Å². The Bertz CT molecular complexity index is 920. The lowest BCUT2D eigenvalue weighted by Gasteiger charge is -2.60. The Balaban J connectivity index is 1.47. The van der Waals surface area contributed by atoms with Crippen molar-refractivity contribution in [1.82, 2.24) is 4.57 Å². The molecular formula is C26H38N2O2. The van der Waals surface area contributed by atoms with Gasteiger partial charge in [-0.25, -0.2) is 0 Å². The molecule has 4 aliphatic carbocycles. The summed E-state index contributed by atoms with van der Waals surface area (Å²) < 4.78 is 1.76. The molecule has 1 aromatic heterocycles. The minimum Gasteiger partial charge on any atom is -0.366 e. The van der Waals surface area contributed by atoms with Gasteiger partial charge in [-0.2, -0.15) is 0 Å². The molecule has 2 unspecified atom stereocenters. The van der Waals surface area contributed by atoms with Crippen LogP contribution in [0, 0.1) is 34.5 Å². The maximum Gasteiger partial charge on any atom is 0.251 e. The molecule has 0 radical (unpaired) electrons. The summed E-state index contributed by atoms with van der Waals surface area (Å²) >= 11 is 0. The van der Waals surface area contributed by atoms with E-state index < -0.39 is 5.91 Å². The van der Waals surface area contributed by atoms with E-state index in [0.717, 1.165) is 42.2 Å². The van der Waals surface area contributed by atoms with Gasteiger partial charge in [0.25, 0.3) is 5.56 Å². The largest absolute Gasteiger partial charge is 0.366 e. The summed E-state index contributed by atoms with van der Waals surface area (Å²) in [5, 5.41) is 0. The van der Waals surface area contributed by atoms with E-state index >= 15 is 0 Å². The van der Waals surface area contributed by atoms with Gasteiger partial charge in [0.2, 0.25) is 5.91 Å². The smallest absolute Gasteiger partial charge is 0.251 e. The van der Waals surface area contributed by atoms with E-state index in [-0.39, 0.29) is 5.56 Å². The first-order valence-corrected chi connectivity index (χ1v) is 12.2. The summed E-state index contributed by atoms with van der Waals surface area (Å²) in [6.45, 7) is 5.14. The minimum absolute atomic E-state index is 0.116. The number of carbonyl (C=O) groups is 1. The van der Waals surface area contributed by atoms with E-state index in [1.165, 1.54) is 57.4 Å². The molecule has 4 aliphatic rings. The molecule has 4 heteroatoms. The number of fused-ring (bicyclic) bond motifs is 5. The molecule has 2 N–H and O–H groups in total. The van der Waals surface area contributed by atoms with Crippen molar-refractivity contribution in [3.8, 4) is 0 Å². The number of pyridine rings is 1. The summed E-state index contributed by atoms with van der Waals surface area (Å²) in [4.78, 5) is 24.3. The van der Waals surface area contributed by atoms with Crippen LogP contribution in [0.5, 0.6) is 0 Å². The number of amides is 1. The maximum absolute atomic E-state index is 12.5. The quantitative estimate of drug-likeness (QED) is 0.745. The van der Waals surface area contributed by atoms with E-state index in [1.807, 2.05) is 13.1 Å². The van der Waals surface area contributed by atoms with Crippen LogP contribution < -0.4 is 11.3 Å². The van der Waals surface area contributed by atoms with Gasteiger partial charge in [-0.3, -0.25) is 9.59 Å². The number of aromatic nitrogens is 1. The van der Waals surface area contributed by atoms with Crippen LogP contribution in [0.2, 0.25) is 0 Å². The number of hydrogen-bond acceptors (Lipinski definition) is 2. The Morgan fingerprint density at radius 1 is 1.07 bits per heavy atom. The van der Waals surface area contributed by atoms with Gasteiger partial charge in [0.15, 0.2) is 0 Å². The predicted octanol–water partition coefficient (Wildman–Crippen LogP) is 5.00. The lowest BCUT2D eigenvalue weighted by atomic mass is 9.45. The summed E-state index contributed by atoms with van der Waals surface area (Å²) in [5.41, 5.74) is 7.70. The van der Waals surface area contributed by atoms with Gasteiger partial charge < -0.3 is 10.3 Å². The average molecular weight is 411 g/mol. The Kier molecular flexibility index (Phi) is 4.72. The zero-order valence-corrected chi connectivity index (χ0v) is 19.0. The van der Waals surface area contributed by atoms with E-state index in [0.29, 0.717) is 22.3 Å². The fraction of sp³-hybridized carbons (Fsp3) is 0.769. The Labute approximate surface area is 180 Å². The van der Waals surface area contributed by atoms with Gasteiger partial charge in [-0.1, -0.05) is 26.7 Å². The van der Waals surface area contributed by atoms with E-state index in [1.54, 1.807) is 4.57 Å². The lowest BCUT2D eigenvalue weighted by molar-refractivity contribution is -0.103. The van der Waals surface area contributed by atoms with E-state index in [4.69, 9.17) is 5.73 Å². The minimum atomic E-state index is -0.501. The molecule has 30 heavy (non-hydrogen) atoms. The fourth-order valence-electron chi connectivity index (χ4n) is 8.77. The molecule has 1 aromatic rings. The summed E-state index contributed by atoms with van der Waals surface area (Å²) in [6, 6.07) is 3.28. The highest BCUT2D eigenvalue weighted by Gasteiger charge is 2.58. The topological polar surface area (TPSA) is 65.1 Å². The highest BCUT2D eigenvalue weighted by Crippen LogP contribution is 2.67. The number of nitrogens with two attached hydrogens (primary N) is 1. The van der Waals surface area contributed by atoms with Crippen molar-refractivity contribution in [2.45, 2.75) is 84.0 Å². The molecule has 0 spiro atoms. The van der Waals surface area contributed by atoms with Crippen molar-refractivity contribution in [2.75, 3.05) is 0 Å². The van der Waals surface area contributed by atoms with Crippen molar-refractivity contribution in [3.63, 3.8) is 0 Å². The highest BCUT2D eigenvalue weighted by atomic mass is 16.1. The number of primary amides is 1. The second kappa shape index (κ2) is 6.97. The average Bonchev–Trinajstić information content (AvgIpc) is 3.06. The number of hydrogen-bond donors (Lipinski definition) is 1. The third kappa shape index (κ3) is 2.92. The molecule has 4 fully saturated rings. The van der Waals surface area contributed by atoms with Gasteiger partial charge in [0.1, 0.15) is 0 Å². The highest BCUT2D eigenvalue weighted by molar-refractivity contribution is 5.92. The van der Waals surface area contributed by atoms with Crippen LogP contribution in [0.4, 0.5) is 0 Å². The molecule has 0 bridgehead atoms. The summed E-state index contributed by atoms with van der Waals surface area (Å²) in [6.07, 6.45) is 13.6. The molecule has 0 saturated heterocycles. The van der Waals surface area contributed by atoms with Crippen molar-refractivity contribution in [1.29, 1.82) is 0 Å². The van der Waals surface area contributed by atoms with Gasteiger partial charge in [-0.15, -0.1) is 0 Å². The van der Waals surface area contributed by atoms with E-state index in [2.05, 4.69) is 13.8 Å². The molecule has 0 aromatic carbocycles. The monoisotopic (exact) mass is 410 g/mol. The number of carbonyl (C=O) groups excluding carboxylic acids is 1. The molecule has 164 valence electrons. The van der Waals surface area contributed by atoms with E-state index in [9.17, 15) is 9.59 Å². The van der Waals surface area contributed by atoms with Crippen molar-refractivity contribution >= 4 is 5.91 Å². The first kappa shape index (κ1) is 20.3. The van der Waals surface area contributed by atoms with Gasteiger partial charge in [0.05, 0.1) is 0 Å². The number of rotatable bonds is 2. The van der Waals surface area contributed by atoms with Gasteiger partial charge in [-0.05, 0) is 91.9 Å². The third-order valence-electron chi connectivity index (χ3n) is 10.4. The van der Waals surface area contributed by atoms with Crippen LogP contribution in [0.25, 0.3) is 0 Å². The zero-order valence-electron chi connectivity index (χ0n) is 19.0. The molecule has 5 rings (SSSR count). The maximum atomic E-state index is 12.5. The van der Waals surface area contributed by atoms with Crippen LogP contribution in [0.3, 0.4) is 0 Å². The predicted molar refractivity (Wildman–Crippen MR) is 119 cm³/mol. The molecule has 7 atom stereocenters. The van der Waals surface area contributed by atoms with Crippen molar-refractivity contribution < 1.29 is 4.79 Å². The fourth-order valence-corrected chi connectivity index (χ4v) is 8.77. The molecule has 4 saturated carbocycles. The molecule has 0 aliphatic heterocycles. The van der Waals surface area contributed by atoms with Crippen LogP contribution in [0.15, 0.2) is 16.9 Å². The first-order chi connectivity index (χ1) is 14.2. The normalized spacial score (nSPS) is 42.8. The SMILES string of the molecule is Cn1c(C2C[C@H]3[C@@H]4CCC5CCCC[C@]5(C)[C@@H]4CC[C@]3(C)C2)cc(C(N)=O)cc1=O. The Morgan fingerprint density at radius 2 is 1.87 bits per heavy atom. The second-order valence-corrected chi connectivity index (χ2v) is 11.7. The van der Waals surface area contributed by atoms with Crippen molar-refractivity contribution in [2.24, 2.45) is 47.3 Å². The number of nitrogens with zero attached hydrogens (tertiary/aromatic N) is 1. The lowest BCUT2D eigenvalue weighted by Crippen LogP contribution is -2.51. The molecule has 1 heterocycles. The van der Waals surface area contributed by atoms with Gasteiger partial charge in [0, 0.05) is 30.3 Å². The molecule has 4 nitrogen and oxygen atoms in total. The standard InChI is InChI=1S/C26H38N2O2/c1-25-11-9-20-19(8-7-18-6-4-5-10-26(18,20)2)21(25)12-17(15-25)22-13-16(24(27)30)14-23(29)28(22)3/h13-14,17-21H,4-12,15H2,1-3H3,(H2,27,30)/t17?,18?,19-,20-,21+,25-,26+/m1/s1. The Hall–Kier alpha value is -1.58. The van der Waals surface area contributed by atoms with Crippen molar-refractivity contribution in [3.05, 3.63) is 33.7 Å².